The van der Waals surface area contributed by atoms with Crippen molar-refractivity contribution in [3.8, 4) is 0 Å². The van der Waals surface area contributed by atoms with E-state index in [2.05, 4.69) is 15.3 Å². The predicted molar refractivity (Wildman–Crippen MR) is 70.3 cm³/mol. The minimum Gasteiger partial charge on any atom is -0.399 e. The van der Waals surface area contributed by atoms with Crippen LogP contribution in [0.5, 0.6) is 0 Å². The van der Waals surface area contributed by atoms with E-state index in [-0.39, 0.29) is 11.1 Å². The molecule has 5 N–H and O–H groups in total. The van der Waals surface area contributed by atoms with E-state index in [0.29, 0.717) is 22.8 Å². The number of amides is 1. The van der Waals surface area contributed by atoms with Crippen LogP contribution >= 0.6 is 11.6 Å². The van der Waals surface area contributed by atoms with Crippen molar-refractivity contribution in [1.29, 1.82) is 0 Å². The first kappa shape index (κ1) is 12.1. The number of hydrogen-bond donors (Lipinski definition) is 3. The van der Waals surface area contributed by atoms with Crippen LogP contribution in [0.4, 0.5) is 17.2 Å². The highest BCUT2D eigenvalue weighted by Gasteiger charge is 2.08. The Bertz CT molecular complexity index is 581. The lowest BCUT2D eigenvalue weighted by Crippen LogP contribution is -2.13. The first-order chi connectivity index (χ1) is 8.54. The molecule has 18 heavy (non-hydrogen) atoms. The smallest absolute Gasteiger partial charge is 0.256 e. The van der Waals surface area contributed by atoms with Gasteiger partial charge in [-0.1, -0.05) is 11.6 Å². The molecule has 92 valence electrons. The van der Waals surface area contributed by atoms with Gasteiger partial charge in [0.05, 0.1) is 0 Å². The molecule has 0 saturated carbocycles. The van der Waals surface area contributed by atoms with E-state index in [4.69, 9.17) is 23.1 Å². The molecule has 0 fully saturated rings. The summed E-state index contributed by atoms with van der Waals surface area (Å²) >= 11 is 5.68. The van der Waals surface area contributed by atoms with Gasteiger partial charge in [-0.15, -0.1) is 0 Å². The van der Waals surface area contributed by atoms with Crippen molar-refractivity contribution in [2.24, 2.45) is 0 Å². The number of carbonyl (C=O) groups is 1. The number of benzene rings is 1. The molecule has 0 radical (unpaired) electrons. The van der Waals surface area contributed by atoms with Crippen LogP contribution in [0.2, 0.25) is 5.15 Å². The van der Waals surface area contributed by atoms with Gasteiger partial charge in [0, 0.05) is 23.0 Å². The van der Waals surface area contributed by atoms with Crippen molar-refractivity contribution in [2.45, 2.75) is 0 Å². The van der Waals surface area contributed by atoms with Gasteiger partial charge in [-0.3, -0.25) is 4.79 Å². The molecule has 0 aliphatic carbocycles. The van der Waals surface area contributed by atoms with Crippen molar-refractivity contribution in [3.05, 3.63) is 41.3 Å². The zero-order valence-electron chi connectivity index (χ0n) is 9.22. The Hall–Kier alpha value is -2.34. The van der Waals surface area contributed by atoms with E-state index in [1.165, 1.54) is 24.5 Å². The predicted octanol–water partition coefficient (Wildman–Crippen LogP) is 1.55. The third kappa shape index (κ3) is 2.86. The van der Waals surface area contributed by atoms with Crippen LogP contribution in [0, 0.1) is 0 Å². The van der Waals surface area contributed by atoms with Gasteiger partial charge < -0.3 is 16.8 Å². The maximum atomic E-state index is 11.9. The molecule has 7 heteroatoms. The number of anilines is 3. The summed E-state index contributed by atoms with van der Waals surface area (Å²) in [6, 6.07) is 6.05. The van der Waals surface area contributed by atoms with Gasteiger partial charge in [-0.2, -0.15) is 0 Å². The van der Waals surface area contributed by atoms with Crippen LogP contribution in [0.25, 0.3) is 0 Å². The lowest BCUT2D eigenvalue weighted by atomic mass is 10.1. The Labute approximate surface area is 108 Å². The molecule has 6 nitrogen and oxygen atoms in total. The second-order valence-corrected chi connectivity index (χ2v) is 3.96. The van der Waals surface area contributed by atoms with Crippen LogP contribution in [-0.2, 0) is 0 Å². The highest BCUT2D eigenvalue weighted by Crippen LogP contribution is 2.15. The molecule has 1 amide bonds. The summed E-state index contributed by atoms with van der Waals surface area (Å²) in [5.74, 6) is -0.0650. The van der Waals surface area contributed by atoms with Crippen molar-refractivity contribution in [3.63, 3.8) is 0 Å². The second kappa shape index (κ2) is 4.89. The van der Waals surface area contributed by atoms with Gasteiger partial charge >= 0.3 is 0 Å². The third-order valence-corrected chi connectivity index (χ3v) is 2.32. The molecule has 0 atom stereocenters. The first-order valence-electron chi connectivity index (χ1n) is 4.99. The van der Waals surface area contributed by atoms with E-state index >= 15 is 0 Å². The Morgan fingerprint density at radius 3 is 2.39 bits per heavy atom. The van der Waals surface area contributed by atoms with Crippen LogP contribution in [0.1, 0.15) is 10.4 Å². The standard InChI is InChI=1S/C11H10ClN5O/c12-9-4-10(16-5-15-9)17-11(18)6-1-7(13)3-8(14)2-6/h1-5H,13-14H2,(H,15,16,17,18). The van der Waals surface area contributed by atoms with Gasteiger partial charge in [0.1, 0.15) is 17.3 Å². The fourth-order valence-corrected chi connectivity index (χ4v) is 1.55. The number of aromatic nitrogens is 2. The molecule has 1 aromatic heterocycles. The molecule has 0 unspecified atom stereocenters. The molecule has 1 heterocycles. The maximum absolute atomic E-state index is 11.9. The van der Waals surface area contributed by atoms with E-state index in [9.17, 15) is 4.79 Å². The summed E-state index contributed by atoms with van der Waals surface area (Å²) in [4.78, 5) is 19.5. The quantitative estimate of drug-likeness (QED) is 0.563. The molecular weight excluding hydrogens is 254 g/mol. The first-order valence-corrected chi connectivity index (χ1v) is 5.37. The van der Waals surface area contributed by atoms with E-state index in [0.717, 1.165) is 0 Å². The van der Waals surface area contributed by atoms with Gasteiger partial charge in [0.15, 0.2) is 0 Å². The van der Waals surface area contributed by atoms with Crippen molar-refractivity contribution >= 4 is 34.7 Å². The number of rotatable bonds is 2. The number of halogens is 1. The second-order valence-electron chi connectivity index (χ2n) is 3.57. The molecule has 0 aliphatic heterocycles. The van der Waals surface area contributed by atoms with Crippen molar-refractivity contribution in [2.75, 3.05) is 16.8 Å². The molecule has 2 aromatic rings. The van der Waals surface area contributed by atoms with Gasteiger partial charge in [0.25, 0.3) is 5.91 Å². The highest BCUT2D eigenvalue weighted by molar-refractivity contribution is 6.29. The molecular formula is C11H10ClN5O. The van der Waals surface area contributed by atoms with Gasteiger partial charge in [0.2, 0.25) is 0 Å². The average molecular weight is 264 g/mol. The van der Waals surface area contributed by atoms with E-state index < -0.39 is 0 Å². The number of nitrogens with zero attached hydrogens (tertiary/aromatic N) is 2. The van der Waals surface area contributed by atoms with Crippen molar-refractivity contribution < 1.29 is 4.79 Å². The number of carbonyl (C=O) groups excluding carboxylic acids is 1. The van der Waals surface area contributed by atoms with Crippen molar-refractivity contribution in [1.82, 2.24) is 9.97 Å². The molecule has 0 aliphatic rings. The summed E-state index contributed by atoms with van der Waals surface area (Å²) in [7, 11) is 0. The minimum absolute atomic E-state index is 0.243. The highest BCUT2D eigenvalue weighted by atomic mass is 35.5. The minimum atomic E-state index is -0.372. The zero-order valence-corrected chi connectivity index (χ0v) is 9.98. The Balaban J connectivity index is 2.22. The van der Waals surface area contributed by atoms with Crippen LogP contribution in [0.15, 0.2) is 30.6 Å². The van der Waals surface area contributed by atoms with Gasteiger partial charge in [-0.25, -0.2) is 9.97 Å². The summed E-state index contributed by atoms with van der Waals surface area (Å²) in [5, 5.41) is 2.81. The summed E-state index contributed by atoms with van der Waals surface area (Å²) in [6.07, 6.45) is 1.26. The number of hydrogen-bond acceptors (Lipinski definition) is 5. The summed E-state index contributed by atoms with van der Waals surface area (Å²) < 4.78 is 0. The topological polar surface area (TPSA) is 107 Å². The van der Waals surface area contributed by atoms with E-state index in [1.54, 1.807) is 6.07 Å². The third-order valence-electron chi connectivity index (χ3n) is 2.12. The van der Waals surface area contributed by atoms with Crippen LogP contribution in [0.3, 0.4) is 0 Å². The molecule has 0 spiro atoms. The fraction of sp³-hybridized carbons (Fsp3) is 0. The molecule has 2 rings (SSSR count). The molecule has 1 aromatic carbocycles. The number of nitrogen functional groups attached to an aromatic ring is 2. The number of nitrogens with one attached hydrogen (secondary N) is 1. The van der Waals surface area contributed by atoms with E-state index in [1.807, 2.05) is 0 Å². The maximum Gasteiger partial charge on any atom is 0.256 e. The lowest BCUT2D eigenvalue weighted by Gasteiger charge is -2.06. The number of nitrogens with two attached hydrogens (primary N) is 2. The van der Waals surface area contributed by atoms with Crippen LogP contribution < -0.4 is 16.8 Å². The summed E-state index contributed by atoms with van der Waals surface area (Å²) in [5.41, 5.74) is 12.4. The average Bonchev–Trinajstić information content (AvgIpc) is 2.27. The SMILES string of the molecule is Nc1cc(N)cc(C(=O)Nc2cc(Cl)ncn2)c1. The van der Waals surface area contributed by atoms with Gasteiger partial charge in [-0.05, 0) is 18.2 Å². The largest absolute Gasteiger partial charge is 0.399 e. The summed E-state index contributed by atoms with van der Waals surface area (Å²) in [6.45, 7) is 0. The Morgan fingerprint density at radius 2 is 1.78 bits per heavy atom. The molecule has 0 saturated heterocycles. The van der Waals surface area contributed by atoms with Crippen LogP contribution in [-0.4, -0.2) is 15.9 Å². The normalized spacial score (nSPS) is 10.1. The lowest BCUT2D eigenvalue weighted by molar-refractivity contribution is 0.102. The Morgan fingerprint density at radius 1 is 1.11 bits per heavy atom. The fourth-order valence-electron chi connectivity index (χ4n) is 1.40. The molecule has 0 bridgehead atoms. The monoisotopic (exact) mass is 263 g/mol. The Kier molecular flexibility index (Phi) is 3.29. The zero-order chi connectivity index (χ0) is 13.1.